The molecule has 3 rings (SSSR count). The molecule has 0 aromatic carbocycles. The van der Waals surface area contributed by atoms with Gasteiger partial charge in [-0.2, -0.15) is 0 Å². The van der Waals surface area contributed by atoms with Gasteiger partial charge >= 0.3 is 0 Å². The van der Waals surface area contributed by atoms with E-state index >= 15 is 0 Å². The summed E-state index contributed by atoms with van der Waals surface area (Å²) in [6, 6.07) is 0. The van der Waals surface area contributed by atoms with Gasteiger partial charge < -0.3 is 16.0 Å². The third-order valence-corrected chi connectivity index (χ3v) is 3.88. The van der Waals surface area contributed by atoms with Crippen molar-refractivity contribution >= 4 is 5.91 Å². The van der Waals surface area contributed by atoms with Gasteiger partial charge in [-0.3, -0.25) is 4.79 Å². The lowest BCUT2D eigenvalue weighted by molar-refractivity contribution is -0.122. The zero-order valence-electron chi connectivity index (χ0n) is 8.83. The minimum atomic E-state index is -0.159. The number of rotatable bonds is 1. The summed E-state index contributed by atoms with van der Waals surface area (Å²) in [6.07, 6.45) is 5.53. The van der Waals surface area contributed by atoms with Crippen LogP contribution in [0.15, 0.2) is 11.8 Å². The molecule has 0 aromatic rings. The third kappa shape index (κ3) is 1.53. The van der Waals surface area contributed by atoms with Crippen molar-refractivity contribution in [3.05, 3.63) is 11.8 Å². The molecule has 1 aliphatic carbocycles. The Balaban J connectivity index is 1.76. The lowest BCUT2D eigenvalue weighted by Crippen LogP contribution is -2.54. The zero-order valence-corrected chi connectivity index (χ0v) is 8.83. The smallest absolute Gasteiger partial charge is 0.222 e. The largest absolute Gasteiger partial charge is 0.371 e. The maximum absolute atomic E-state index is 11.2. The average Bonchev–Trinajstić information content (AvgIpc) is 2.96. The van der Waals surface area contributed by atoms with Crippen molar-refractivity contribution in [3.8, 4) is 0 Å². The van der Waals surface area contributed by atoms with Crippen LogP contribution >= 0.6 is 0 Å². The Hall–Kier alpha value is -1.03. The summed E-state index contributed by atoms with van der Waals surface area (Å²) in [6.45, 7) is 2.85. The molecule has 2 heterocycles. The molecule has 1 unspecified atom stereocenters. The molecule has 0 radical (unpaired) electrons. The fourth-order valence-corrected chi connectivity index (χ4v) is 2.61. The second-order valence-electron chi connectivity index (χ2n) is 5.04. The number of allylic oxidation sites excluding steroid dienone is 1. The summed E-state index contributed by atoms with van der Waals surface area (Å²) in [5.41, 5.74) is 7.09. The Morgan fingerprint density at radius 2 is 2.40 bits per heavy atom. The number of hydrogen-bond donors (Lipinski definition) is 2. The van der Waals surface area contributed by atoms with Crippen LogP contribution < -0.4 is 11.1 Å². The lowest BCUT2D eigenvalue weighted by Gasteiger charge is -2.41. The van der Waals surface area contributed by atoms with Crippen LogP contribution in [0.25, 0.3) is 0 Å². The van der Waals surface area contributed by atoms with Crippen LogP contribution in [0.4, 0.5) is 0 Å². The lowest BCUT2D eigenvalue weighted by atomic mass is 9.96. The molecule has 1 amide bonds. The molecule has 1 spiro atoms. The molecule has 0 bridgehead atoms. The van der Waals surface area contributed by atoms with E-state index in [4.69, 9.17) is 5.73 Å². The number of piperazine rings is 1. The maximum Gasteiger partial charge on any atom is 0.222 e. The molecule has 1 atom stereocenters. The van der Waals surface area contributed by atoms with Gasteiger partial charge in [0.05, 0.1) is 5.92 Å². The van der Waals surface area contributed by atoms with Crippen molar-refractivity contribution in [1.82, 2.24) is 10.2 Å². The predicted octanol–water partition coefficient (Wildman–Crippen LogP) is -0.187. The normalized spacial score (nSPS) is 32.1. The van der Waals surface area contributed by atoms with Crippen LogP contribution in [-0.4, -0.2) is 36.0 Å². The van der Waals surface area contributed by atoms with Gasteiger partial charge in [0, 0.05) is 30.9 Å². The summed E-state index contributed by atoms with van der Waals surface area (Å²) in [5, 5.41) is 3.59. The maximum atomic E-state index is 11.2. The van der Waals surface area contributed by atoms with Gasteiger partial charge in [0.25, 0.3) is 0 Å². The monoisotopic (exact) mass is 207 g/mol. The van der Waals surface area contributed by atoms with E-state index in [-0.39, 0.29) is 11.8 Å². The molecule has 2 aliphatic heterocycles. The van der Waals surface area contributed by atoms with Gasteiger partial charge in [-0.1, -0.05) is 6.08 Å². The first-order valence-corrected chi connectivity index (χ1v) is 5.67. The van der Waals surface area contributed by atoms with Crippen molar-refractivity contribution < 1.29 is 4.79 Å². The first-order chi connectivity index (χ1) is 7.19. The van der Waals surface area contributed by atoms with Crippen LogP contribution in [0.5, 0.6) is 0 Å². The highest BCUT2D eigenvalue weighted by atomic mass is 16.1. The van der Waals surface area contributed by atoms with Crippen molar-refractivity contribution in [2.45, 2.75) is 24.8 Å². The Bertz CT molecular complexity index is 333. The SMILES string of the molecule is NC(=O)C1CC=C2CNC3(CC3)CN2C1. The summed E-state index contributed by atoms with van der Waals surface area (Å²) in [5.74, 6) is -0.142. The van der Waals surface area contributed by atoms with Crippen molar-refractivity contribution in [2.24, 2.45) is 11.7 Å². The first kappa shape index (κ1) is 9.21. The van der Waals surface area contributed by atoms with Gasteiger partial charge in [0.15, 0.2) is 0 Å². The molecule has 4 nitrogen and oxygen atoms in total. The number of carbonyl (C=O) groups is 1. The fourth-order valence-electron chi connectivity index (χ4n) is 2.61. The van der Waals surface area contributed by atoms with Gasteiger partial charge in [-0.25, -0.2) is 0 Å². The minimum Gasteiger partial charge on any atom is -0.371 e. The van der Waals surface area contributed by atoms with E-state index in [9.17, 15) is 4.79 Å². The van der Waals surface area contributed by atoms with Gasteiger partial charge in [0.2, 0.25) is 5.91 Å². The molecule has 1 saturated carbocycles. The van der Waals surface area contributed by atoms with Crippen molar-refractivity contribution in [1.29, 1.82) is 0 Å². The molecule has 15 heavy (non-hydrogen) atoms. The van der Waals surface area contributed by atoms with Gasteiger partial charge in [-0.05, 0) is 19.3 Å². The molecule has 0 aromatic heterocycles. The molecule has 4 heteroatoms. The zero-order chi connectivity index (χ0) is 10.5. The van der Waals surface area contributed by atoms with E-state index in [2.05, 4.69) is 16.3 Å². The van der Waals surface area contributed by atoms with E-state index in [0.717, 1.165) is 26.1 Å². The van der Waals surface area contributed by atoms with Crippen molar-refractivity contribution in [2.75, 3.05) is 19.6 Å². The number of primary amides is 1. The van der Waals surface area contributed by atoms with E-state index in [1.807, 2.05) is 0 Å². The molecular formula is C11H17N3O. The van der Waals surface area contributed by atoms with Crippen LogP contribution in [0, 0.1) is 5.92 Å². The molecule has 2 fully saturated rings. The Kier molecular flexibility index (Phi) is 1.83. The molecule has 3 aliphatic rings. The van der Waals surface area contributed by atoms with Gasteiger partial charge in [-0.15, -0.1) is 0 Å². The highest BCUT2D eigenvalue weighted by molar-refractivity contribution is 5.77. The predicted molar refractivity (Wildman–Crippen MR) is 56.9 cm³/mol. The quantitative estimate of drug-likeness (QED) is 0.627. The topological polar surface area (TPSA) is 58.4 Å². The Morgan fingerprint density at radius 1 is 1.60 bits per heavy atom. The number of nitrogens with zero attached hydrogens (tertiary/aromatic N) is 1. The number of carbonyl (C=O) groups excluding carboxylic acids is 1. The van der Waals surface area contributed by atoms with Crippen molar-refractivity contribution in [3.63, 3.8) is 0 Å². The van der Waals surface area contributed by atoms with E-state index in [0.29, 0.717) is 5.54 Å². The van der Waals surface area contributed by atoms with E-state index in [1.165, 1.54) is 18.5 Å². The summed E-state index contributed by atoms with van der Waals surface area (Å²) in [4.78, 5) is 13.5. The average molecular weight is 207 g/mol. The Morgan fingerprint density at radius 3 is 3.07 bits per heavy atom. The second-order valence-corrected chi connectivity index (χ2v) is 5.04. The first-order valence-electron chi connectivity index (χ1n) is 5.67. The Labute approximate surface area is 89.5 Å². The number of hydrogen-bond acceptors (Lipinski definition) is 3. The minimum absolute atomic E-state index is 0.0163. The number of fused-ring (bicyclic) bond motifs is 1. The summed E-state index contributed by atoms with van der Waals surface area (Å²) in [7, 11) is 0. The molecule has 3 N–H and O–H groups in total. The van der Waals surface area contributed by atoms with Gasteiger partial charge in [0.1, 0.15) is 0 Å². The second kappa shape index (κ2) is 2.98. The standard InChI is InChI=1S/C11H17N3O/c12-10(15)8-1-2-9-5-13-11(3-4-11)7-14(9)6-8/h2,8,13H,1,3-7H2,(H2,12,15). The summed E-state index contributed by atoms with van der Waals surface area (Å²) >= 11 is 0. The molecule has 82 valence electrons. The highest BCUT2D eigenvalue weighted by Gasteiger charge is 2.47. The fraction of sp³-hybridized carbons (Fsp3) is 0.727. The van der Waals surface area contributed by atoms with Crippen LogP contribution in [0.1, 0.15) is 19.3 Å². The van der Waals surface area contributed by atoms with Crippen LogP contribution in [0.3, 0.4) is 0 Å². The number of amides is 1. The molecular weight excluding hydrogens is 190 g/mol. The number of nitrogens with two attached hydrogens (primary N) is 1. The third-order valence-electron chi connectivity index (χ3n) is 3.88. The summed E-state index contributed by atoms with van der Waals surface area (Å²) < 4.78 is 0. The van der Waals surface area contributed by atoms with E-state index < -0.39 is 0 Å². The van der Waals surface area contributed by atoms with E-state index in [1.54, 1.807) is 0 Å². The highest BCUT2D eigenvalue weighted by Crippen LogP contribution is 2.40. The number of nitrogens with one attached hydrogen (secondary N) is 1. The van der Waals surface area contributed by atoms with Crippen LogP contribution in [-0.2, 0) is 4.79 Å². The molecule has 1 saturated heterocycles. The van der Waals surface area contributed by atoms with Crippen LogP contribution in [0.2, 0.25) is 0 Å².